The highest BCUT2D eigenvalue weighted by atomic mass is 79.9. The van der Waals surface area contributed by atoms with Gasteiger partial charge in [-0.05, 0) is 43.6 Å². The van der Waals surface area contributed by atoms with Gasteiger partial charge in [-0.1, -0.05) is 5.11 Å². The molecular formula is C11H16B3BrN2O2. The van der Waals surface area contributed by atoms with Gasteiger partial charge in [-0.2, -0.15) is 5.10 Å². The number of nitrogens with zero attached hydrogens (tertiary/aromatic N) is 2. The lowest BCUT2D eigenvalue weighted by Gasteiger charge is -2.20. The molecule has 19 heavy (non-hydrogen) atoms. The molecular weight excluding hydrogens is 304 g/mol. The SMILES string of the molecule is CC(C)(C)OC=O.[B]C([B])([B])c1c(Br)c(C)nn1C. The molecule has 0 unspecified atom stereocenters. The molecule has 1 aromatic heterocycles. The molecule has 0 N–H and O–H groups in total. The summed E-state index contributed by atoms with van der Waals surface area (Å²) < 4.78 is 6.88. The summed E-state index contributed by atoms with van der Waals surface area (Å²) in [6, 6.07) is 0. The van der Waals surface area contributed by atoms with E-state index in [1.807, 2.05) is 27.7 Å². The minimum absolute atomic E-state index is 0.318. The number of carbonyl (C=O) groups excluding carboxylic acids is 1. The Bertz CT molecular complexity index is 436. The number of ether oxygens (including phenoxy) is 1. The smallest absolute Gasteiger partial charge is 0.293 e. The molecule has 0 bridgehead atoms. The Hall–Kier alpha value is -0.645. The van der Waals surface area contributed by atoms with Crippen molar-refractivity contribution in [2.45, 2.75) is 38.4 Å². The fraction of sp³-hybridized carbons (Fsp3) is 0.636. The van der Waals surface area contributed by atoms with Gasteiger partial charge in [-0.15, -0.1) is 0 Å². The van der Waals surface area contributed by atoms with Gasteiger partial charge in [0, 0.05) is 12.7 Å². The van der Waals surface area contributed by atoms with E-state index in [9.17, 15) is 4.79 Å². The summed E-state index contributed by atoms with van der Waals surface area (Å²) in [5.74, 6) is 0. The van der Waals surface area contributed by atoms with E-state index in [4.69, 9.17) is 23.5 Å². The van der Waals surface area contributed by atoms with Gasteiger partial charge in [0.1, 0.15) is 5.60 Å². The van der Waals surface area contributed by atoms with Crippen molar-refractivity contribution >= 4 is 45.9 Å². The second kappa shape index (κ2) is 6.68. The summed E-state index contributed by atoms with van der Waals surface area (Å²) in [6.45, 7) is 7.77. The van der Waals surface area contributed by atoms with Crippen molar-refractivity contribution < 1.29 is 9.53 Å². The van der Waals surface area contributed by atoms with Crippen LogP contribution in [0.25, 0.3) is 0 Å². The highest BCUT2D eigenvalue weighted by Gasteiger charge is 2.21. The normalized spacial score (nSPS) is 11.5. The molecule has 0 aliphatic carbocycles. The minimum Gasteiger partial charge on any atom is -0.462 e. The number of aryl methyl sites for hydroxylation is 2. The Morgan fingerprint density at radius 3 is 1.89 bits per heavy atom. The van der Waals surface area contributed by atoms with E-state index in [0.29, 0.717) is 12.2 Å². The van der Waals surface area contributed by atoms with Crippen molar-refractivity contribution in [2.75, 3.05) is 0 Å². The summed E-state index contributed by atoms with van der Waals surface area (Å²) in [5.41, 5.74) is 1.08. The molecule has 0 fully saturated rings. The zero-order valence-electron chi connectivity index (χ0n) is 11.9. The van der Waals surface area contributed by atoms with E-state index >= 15 is 0 Å². The molecule has 0 aliphatic heterocycles. The van der Waals surface area contributed by atoms with Gasteiger partial charge in [0.25, 0.3) is 6.47 Å². The van der Waals surface area contributed by atoms with E-state index in [-0.39, 0.29) is 5.60 Å². The summed E-state index contributed by atoms with van der Waals surface area (Å²) in [5, 5.41) is 2.75. The molecule has 1 aromatic rings. The summed E-state index contributed by atoms with van der Waals surface area (Å²) in [4.78, 5) is 9.60. The van der Waals surface area contributed by atoms with Crippen LogP contribution in [0.3, 0.4) is 0 Å². The van der Waals surface area contributed by atoms with E-state index in [0.717, 1.165) is 10.2 Å². The number of aromatic nitrogens is 2. The Morgan fingerprint density at radius 1 is 1.32 bits per heavy atom. The van der Waals surface area contributed by atoms with Gasteiger partial charge in [-0.25, -0.2) is 0 Å². The molecule has 1 rings (SSSR count). The first-order valence-electron chi connectivity index (χ1n) is 5.57. The van der Waals surface area contributed by atoms with Crippen LogP contribution in [0.1, 0.15) is 32.2 Å². The zero-order valence-corrected chi connectivity index (χ0v) is 13.5. The van der Waals surface area contributed by atoms with Crippen molar-refractivity contribution in [3.05, 3.63) is 15.9 Å². The number of hydrogen-bond acceptors (Lipinski definition) is 3. The fourth-order valence-electron chi connectivity index (χ4n) is 1.25. The number of halogens is 1. The van der Waals surface area contributed by atoms with E-state index < -0.39 is 5.11 Å². The van der Waals surface area contributed by atoms with Crippen LogP contribution in [-0.2, 0) is 21.7 Å². The maximum Gasteiger partial charge on any atom is 0.293 e. The standard InChI is InChI=1S/C6H6B3BrN2.C5H10O2/c1-3-4(10)5(6(7,8)9)12(2)11-3;1-5(2,3)7-4-6/h1-2H3;4H,1-3H3. The van der Waals surface area contributed by atoms with Crippen molar-refractivity contribution in [1.82, 2.24) is 9.78 Å². The van der Waals surface area contributed by atoms with Crippen LogP contribution in [-0.4, -0.2) is 45.4 Å². The second-order valence-electron chi connectivity index (χ2n) is 5.13. The highest BCUT2D eigenvalue weighted by Crippen LogP contribution is 2.26. The third-order valence-electron chi connectivity index (χ3n) is 1.96. The van der Waals surface area contributed by atoms with E-state index in [1.165, 1.54) is 0 Å². The lowest BCUT2D eigenvalue weighted by atomic mass is 9.41. The average molecular weight is 321 g/mol. The molecule has 0 spiro atoms. The quantitative estimate of drug-likeness (QED) is 0.605. The van der Waals surface area contributed by atoms with Crippen LogP contribution in [0, 0.1) is 6.92 Å². The Morgan fingerprint density at radius 2 is 1.79 bits per heavy atom. The van der Waals surface area contributed by atoms with Crippen LogP contribution in [0.4, 0.5) is 0 Å². The van der Waals surface area contributed by atoms with Crippen LogP contribution >= 0.6 is 15.9 Å². The second-order valence-corrected chi connectivity index (χ2v) is 5.92. The zero-order chi connectivity index (χ0) is 15.4. The monoisotopic (exact) mass is 320 g/mol. The number of carbonyl (C=O) groups is 1. The average Bonchev–Trinajstić information content (AvgIpc) is 2.38. The summed E-state index contributed by atoms with van der Waals surface area (Å²) in [7, 11) is 18.4. The number of rotatable bonds is 2. The third-order valence-corrected chi connectivity index (χ3v) is 2.91. The topological polar surface area (TPSA) is 44.1 Å². The van der Waals surface area contributed by atoms with E-state index in [1.54, 1.807) is 11.7 Å². The Balaban J connectivity index is 0.000000399. The maximum atomic E-state index is 9.60. The first-order valence-corrected chi connectivity index (χ1v) is 6.37. The lowest BCUT2D eigenvalue weighted by Crippen LogP contribution is -2.30. The molecule has 0 atom stereocenters. The van der Waals surface area contributed by atoms with Gasteiger partial charge in [0.15, 0.2) is 0 Å². The Kier molecular flexibility index (Phi) is 6.46. The van der Waals surface area contributed by atoms with Crippen LogP contribution in [0.2, 0.25) is 0 Å². The molecule has 8 heteroatoms. The largest absolute Gasteiger partial charge is 0.462 e. The third kappa shape index (κ3) is 6.36. The van der Waals surface area contributed by atoms with Crippen molar-refractivity contribution in [3.63, 3.8) is 0 Å². The molecule has 0 saturated heterocycles. The molecule has 0 aliphatic rings. The van der Waals surface area contributed by atoms with Gasteiger partial charge in [0.05, 0.1) is 33.7 Å². The van der Waals surface area contributed by atoms with Crippen LogP contribution < -0.4 is 0 Å². The van der Waals surface area contributed by atoms with Gasteiger partial charge in [0.2, 0.25) is 0 Å². The number of hydrogen-bond donors (Lipinski definition) is 0. The van der Waals surface area contributed by atoms with Gasteiger partial charge >= 0.3 is 0 Å². The first kappa shape index (κ1) is 18.4. The molecule has 0 aromatic carbocycles. The van der Waals surface area contributed by atoms with Crippen LogP contribution in [0.15, 0.2) is 4.47 Å². The maximum absolute atomic E-state index is 9.60. The molecule has 0 saturated carbocycles. The highest BCUT2D eigenvalue weighted by molar-refractivity contribution is 9.10. The van der Waals surface area contributed by atoms with Gasteiger partial charge in [-0.3, -0.25) is 9.48 Å². The minimum atomic E-state index is -1.35. The predicted molar refractivity (Wildman–Crippen MR) is 81.5 cm³/mol. The molecule has 0 amide bonds. The molecule has 1 heterocycles. The van der Waals surface area contributed by atoms with Crippen molar-refractivity contribution in [1.29, 1.82) is 0 Å². The Labute approximate surface area is 127 Å². The van der Waals surface area contributed by atoms with Gasteiger partial charge < -0.3 is 4.74 Å². The van der Waals surface area contributed by atoms with Crippen molar-refractivity contribution in [2.24, 2.45) is 7.05 Å². The van der Waals surface area contributed by atoms with E-state index in [2.05, 4.69) is 25.8 Å². The predicted octanol–water partition coefficient (Wildman–Crippen LogP) is 1.06. The van der Waals surface area contributed by atoms with Crippen molar-refractivity contribution in [3.8, 4) is 0 Å². The molecule has 6 radical (unpaired) electrons. The molecule has 4 nitrogen and oxygen atoms in total. The fourth-order valence-corrected chi connectivity index (χ4v) is 1.93. The summed E-state index contributed by atoms with van der Waals surface area (Å²) in [6.07, 6.45) is 0. The lowest BCUT2D eigenvalue weighted by molar-refractivity contribution is -0.138. The summed E-state index contributed by atoms with van der Waals surface area (Å²) >= 11 is 3.31. The first-order chi connectivity index (χ1) is 8.40. The van der Waals surface area contributed by atoms with Crippen LogP contribution in [0.5, 0.6) is 0 Å². The molecule has 98 valence electrons.